The number of imide groups is 1. The number of nitrogens with two attached hydrogens (primary N) is 2. The second-order valence-corrected chi connectivity index (χ2v) is 4.95. The first kappa shape index (κ1) is 16.7. The Labute approximate surface area is 126 Å². The van der Waals surface area contributed by atoms with Crippen LogP contribution in [0.3, 0.4) is 0 Å². The molecule has 0 aliphatic heterocycles. The van der Waals surface area contributed by atoms with E-state index in [1.165, 1.54) is 0 Å². The third-order valence-electron chi connectivity index (χ3n) is 2.31. The largest absolute Gasteiger partial charge is 0.370 e. The Hall–Kier alpha value is -1.34. The Balaban J connectivity index is 2.33. The molecule has 0 spiro atoms. The molecule has 3 amide bonds. The third-order valence-corrected chi connectivity index (χ3v) is 3.05. The summed E-state index contributed by atoms with van der Waals surface area (Å²) >= 11 is 11.7. The number of rotatable bonds is 6. The quantitative estimate of drug-likeness (QED) is 0.729. The standard InChI is InChI=1S/C12H15Cl2N3O3/c13-9-2-1-7(4-10(9)14)3-8(15)5-20-6-11(18)17-12(16)19/h1-2,4,8H,3,5-6,15H2,(H3,16,17,18,19)/t8-/m1/s1. The summed E-state index contributed by atoms with van der Waals surface area (Å²) in [5.41, 5.74) is 11.5. The average Bonchev–Trinajstić information content (AvgIpc) is 2.33. The molecule has 0 unspecified atom stereocenters. The van der Waals surface area contributed by atoms with Crippen molar-refractivity contribution in [2.75, 3.05) is 13.2 Å². The smallest absolute Gasteiger partial charge is 0.318 e. The first-order valence-electron chi connectivity index (χ1n) is 5.75. The molecule has 1 aromatic rings. The molecule has 0 aliphatic rings. The van der Waals surface area contributed by atoms with E-state index in [1.807, 2.05) is 11.4 Å². The number of amides is 3. The molecule has 8 heteroatoms. The number of hydrogen-bond donors (Lipinski definition) is 3. The topological polar surface area (TPSA) is 107 Å². The molecular formula is C12H15Cl2N3O3. The molecule has 0 fully saturated rings. The van der Waals surface area contributed by atoms with Gasteiger partial charge in [-0.25, -0.2) is 4.79 Å². The summed E-state index contributed by atoms with van der Waals surface area (Å²) in [5, 5.41) is 2.81. The Kier molecular flexibility index (Phi) is 6.74. The Morgan fingerprint density at radius 3 is 2.60 bits per heavy atom. The minimum atomic E-state index is -0.918. The number of carbonyl (C=O) groups excluding carboxylic acids is 2. The normalized spacial score (nSPS) is 11.9. The summed E-state index contributed by atoms with van der Waals surface area (Å²) in [7, 11) is 0. The molecule has 0 bridgehead atoms. The highest BCUT2D eigenvalue weighted by Gasteiger charge is 2.09. The van der Waals surface area contributed by atoms with Crippen molar-refractivity contribution in [1.82, 2.24) is 5.32 Å². The van der Waals surface area contributed by atoms with Crippen LogP contribution in [0.2, 0.25) is 10.0 Å². The maximum absolute atomic E-state index is 11.1. The van der Waals surface area contributed by atoms with Gasteiger partial charge in [0.2, 0.25) is 0 Å². The van der Waals surface area contributed by atoms with Crippen molar-refractivity contribution in [3.63, 3.8) is 0 Å². The average molecular weight is 320 g/mol. The van der Waals surface area contributed by atoms with Crippen molar-refractivity contribution in [2.45, 2.75) is 12.5 Å². The summed E-state index contributed by atoms with van der Waals surface area (Å²) in [6.45, 7) is -0.121. The molecule has 1 aromatic carbocycles. The lowest BCUT2D eigenvalue weighted by molar-refractivity contribution is -0.124. The number of benzene rings is 1. The predicted molar refractivity (Wildman–Crippen MR) is 76.7 cm³/mol. The van der Waals surface area contributed by atoms with Crippen LogP contribution in [0.4, 0.5) is 4.79 Å². The van der Waals surface area contributed by atoms with E-state index in [2.05, 4.69) is 0 Å². The monoisotopic (exact) mass is 319 g/mol. The van der Waals surface area contributed by atoms with Crippen molar-refractivity contribution in [3.8, 4) is 0 Å². The highest BCUT2D eigenvalue weighted by Crippen LogP contribution is 2.22. The molecule has 0 heterocycles. The van der Waals surface area contributed by atoms with E-state index < -0.39 is 11.9 Å². The van der Waals surface area contributed by atoms with Gasteiger partial charge in [0.1, 0.15) is 6.61 Å². The number of carbonyl (C=O) groups is 2. The van der Waals surface area contributed by atoms with Crippen LogP contribution in [0.25, 0.3) is 0 Å². The van der Waals surface area contributed by atoms with Crippen LogP contribution in [0.15, 0.2) is 18.2 Å². The van der Waals surface area contributed by atoms with Crippen molar-refractivity contribution in [1.29, 1.82) is 0 Å². The first-order chi connectivity index (χ1) is 9.38. The van der Waals surface area contributed by atoms with Crippen molar-refractivity contribution in [2.24, 2.45) is 11.5 Å². The van der Waals surface area contributed by atoms with Gasteiger partial charge < -0.3 is 16.2 Å². The maximum atomic E-state index is 11.1. The van der Waals surface area contributed by atoms with Gasteiger partial charge in [0.15, 0.2) is 0 Å². The number of urea groups is 1. The molecule has 0 aromatic heterocycles. The highest BCUT2D eigenvalue weighted by molar-refractivity contribution is 6.42. The summed E-state index contributed by atoms with van der Waals surface area (Å²) < 4.78 is 5.08. The van der Waals surface area contributed by atoms with E-state index in [0.29, 0.717) is 16.5 Å². The van der Waals surface area contributed by atoms with Gasteiger partial charge in [0.05, 0.1) is 16.7 Å². The molecular weight excluding hydrogens is 305 g/mol. The van der Waals surface area contributed by atoms with Crippen LogP contribution in [0.5, 0.6) is 0 Å². The van der Waals surface area contributed by atoms with Gasteiger partial charge in [-0.3, -0.25) is 10.1 Å². The van der Waals surface area contributed by atoms with Crippen LogP contribution < -0.4 is 16.8 Å². The van der Waals surface area contributed by atoms with Gasteiger partial charge >= 0.3 is 6.03 Å². The molecule has 1 rings (SSSR count). The molecule has 0 radical (unpaired) electrons. The molecule has 0 aliphatic carbocycles. The molecule has 6 nitrogen and oxygen atoms in total. The van der Waals surface area contributed by atoms with E-state index >= 15 is 0 Å². The fourth-order valence-corrected chi connectivity index (χ4v) is 1.83. The van der Waals surface area contributed by atoms with E-state index in [1.54, 1.807) is 12.1 Å². The lowest BCUT2D eigenvalue weighted by Crippen LogP contribution is -2.38. The summed E-state index contributed by atoms with van der Waals surface area (Å²) in [4.78, 5) is 21.5. The van der Waals surface area contributed by atoms with Crippen LogP contribution in [-0.4, -0.2) is 31.2 Å². The fraction of sp³-hybridized carbons (Fsp3) is 0.333. The van der Waals surface area contributed by atoms with Crippen molar-refractivity contribution >= 4 is 35.1 Å². The molecule has 1 atom stereocenters. The third kappa shape index (κ3) is 6.21. The minimum absolute atomic E-state index is 0.159. The van der Waals surface area contributed by atoms with Gasteiger partial charge in [-0.05, 0) is 24.1 Å². The maximum Gasteiger partial charge on any atom is 0.318 e. The minimum Gasteiger partial charge on any atom is -0.370 e. The van der Waals surface area contributed by atoms with Crippen LogP contribution in [0, 0.1) is 0 Å². The second-order valence-electron chi connectivity index (χ2n) is 4.14. The number of nitrogens with one attached hydrogen (secondary N) is 1. The van der Waals surface area contributed by atoms with Crippen LogP contribution in [0.1, 0.15) is 5.56 Å². The predicted octanol–water partition coefficient (Wildman–Crippen LogP) is 1.07. The summed E-state index contributed by atoms with van der Waals surface area (Å²) in [6, 6.07) is 4.00. The van der Waals surface area contributed by atoms with Crippen molar-refractivity contribution in [3.05, 3.63) is 33.8 Å². The van der Waals surface area contributed by atoms with Crippen LogP contribution in [-0.2, 0) is 16.0 Å². The number of halogens is 2. The van der Waals surface area contributed by atoms with E-state index in [4.69, 9.17) is 39.4 Å². The van der Waals surface area contributed by atoms with E-state index in [-0.39, 0.29) is 19.3 Å². The number of hydrogen-bond acceptors (Lipinski definition) is 4. The second kappa shape index (κ2) is 8.06. The van der Waals surface area contributed by atoms with Crippen LogP contribution >= 0.6 is 23.2 Å². The van der Waals surface area contributed by atoms with Gasteiger partial charge in [0, 0.05) is 6.04 Å². The Morgan fingerprint density at radius 1 is 1.30 bits per heavy atom. The summed E-state index contributed by atoms with van der Waals surface area (Å²) in [6.07, 6.45) is 0.522. The lowest BCUT2D eigenvalue weighted by atomic mass is 10.1. The Bertz CT molecular complexity index is 497. The number of primary amides is 1. The molecule has 110 valence electrons. The molecule has 0 saturated heterocycles. The molecule has 0 saturated carbocycles. The first-order valence-corrected chi connectivity index (χ1v) is 6.50. The summed E-state index contributed by atoms with van der Waals surface area (Å²) in [5.74, 6) is -0.612. The molecule has 20 heavy (non-hydrogen) atoms. The Morgan fingerprint density at radius 2 is 2.00 bits per heavy atom. The number of ether oxygens (including phenoxy) is 1. The fourth-order valence-electron chi connectivity index (χ4n) is 1.50. The highest BCUT2D eigenvalue weighted by atomic mass is 35.5. The van der Waals surface area contributed by atoms with E-state index in [0.717, 1.165) is 5.56 Å². The van der Waals surface area contributed by atoms with Gasteiger partial charge in [0.25, 0.3) is 5.91 Å². The lowest BCUT2D eigenvalue weighted by Gasteiger charge is -2.12. The SMILES string of the molecule is NC(=O)NC(=O)COC[C@H](N)Cc1ccc(Cl)c(Cl)c1. The zero-order valence-electron chi connectivity index (χ0n) is 10.6. The zero-order valence-corrected chi connectivity index (χ0v) is 12.1. The van der Waals surface area contributed by atoms with Crippen molar-refractivity contribution < 1.29 is 14.3 Å². The van der Waals surface area contributed by atoms with Gasteiger partial charge in [-0.1, -0.05) is 29.3 Å². The van der Waals surface area contributed by atoms with E-state index in [9.17, 15) is 9.59 Å². The van der Waals surface area contributed by atoms with Gasteiger partial charge in [-0.2, -0.15) is 0 Å². The van der Waals surface area contributed by atoms with Gasteiger partial charge in [-0.15, -0.1) is 0 Å². The molecule has 5 N–H and O–H groups in total. The zero-order chi connectivity index (χ0) is 15.1.